The highest BCUT2D eigenvalue weighted by Gasteiger charge is 2.29. The Labute approximate surface area is 620 Å². The zero-order valence-corrected chi connectivity index (χ0v) is 61.2. The van der Waals surface area contributed by atoms with Crippen LogP contribution in [0.1, 0.15) is 145 Å². The highest BCUT2D eigenvalue weighted by atomic mass is 79.9. The van der Waals surface area contributed by atoms with Crippen molar-refractivity contribution in [1.29, 1.82) is 0 Å². The predicted octanol–water partition coefficient (Wildman–Crippen LogP) is 17.1. The fourth-order valence-electron chi connectivity index (χ4n) is 12.9. The molecule has 0 saturated heterocycles. The first-order valence-corrected chi connectivity index (χ1v) is 34.9. The van der Waals surface area contributed by atoms with Gasteiger partial charge in [0.05, 0.1) is 72.6 Å². The number of fused-ring (bicyclic) bond motifs is 3. The normalized spacial score (nSPS) is 14.7. The van der Waals surface area contributed by atoms with Crippen molar-refractivity contribution in [2.24, 2.45) is 0 Å². The summed E-state index contributed by atoms with van der Waals surface area (Å²) in [6.07, 6.45) is 5.80. The lowest BCUT2D eigenvalue weighted by Gasteiger charge is -2.17. The lowest BCUT2D eigenvalue weighted by atomic mass is 9.80. The predicted molar refractivity (Wildman–Crippen MR) is 402 cm³/mol. The van der Waals surface area contributed by atoms with Gasteiger partial charge in [0.2, 0.25) is 0 Å². The van der Waals surface area contributed by atoms with E-state index in [1.165, 1.54) is 64.9 Å². The van der Waals surface area contributed by atoms with Gasteiger partial charge in [0.15, 0.2) is 34.7 Å². The van der Waals surface area contributed by atoms with Crippen LogP contribution in [0.3, 0.4) is 0 Å². The second-order valence-electron chi connectivity index (χ2n) is 24.7. The molecule has 0 aliphatic heterocycles. The molecule has 3 aliphatic rings. The van der Waals surface area contributed by atoms with E-state index < -0.39 is 18.9 Å². The maximum atomic E-state index is 14.7. The van der Waals surface area contributed by atoms with Crippen molar-refractivity contribution >= 4 is 46.4 Å². The van der Waals surface area contributed by atoms with E-state index in [4.69, 9.17) is 48.3 Å². The Hall–Kier alpha value is -10.9. The van der Waals surface area contributed by atoms with Gasteiger partial charge in [-0.25, -0.2) is 13.2 Å². The largest absolute Gasteiger partial charge is 0.494 e. The van der Waals surface area contributed by atoms with E-state index in [1.807, 2.05) is 109 Å². The maximum Gasteiger partial charge on any atom is 0.491 e. The standard InChI is InChI=1S/C29H27FO4.C28H25FO4.C22H21BrO3.C7H8BFO3/c1-4-6-20(18-28(31)33-3)19-9-13-23(14-10-19)34-26-16-12-21-17-22(11-15-24(21)26)25-7-5-8-27(32-2)29(25)30;1-3-5-19(17-27(30)31)18-8-12-22(13-9-18)33-25-15-11-20-16-21(10-14-23(20)25)24-6-4-7-26(32-2)28(24)29;1-3-4-16(14-22(24)25-2)15-5-9-19(10-6-15)26-21-12-7-17-13-18(23)8-11-20(17)21;1-12-6-4-2-3-5(7(6)9)8(10)11/h5,7-11,13-15,17,20,26H,12,16,18H2,1-3H3;4,6-10,12-14,16,19,25H,11,15,17H2,1-2H3,(H,30,31);5-6,8-11,13,16,21H,7,12,14H2,1-2H3;2-4,10-11H,1H3/t20-,26?;19-,25?;16-,21?;/m111./s1. The van der Waals surface area contributed by atoms with Gasteiger partial charge in [-0.2, -0.15) is 0 Å². The van der Waals surface area contributed by atoms with Crippen molar-refractivity contribution in [3.05, 3.63) is 254 Å². The second kappa shape index (κ2) is 38.0. The second-order valence-corrected chi connectivity index (χ2v) is 25.6. The average molecular weight is 1490 g/mol. The molecule has 540 valence electrons. The molecule has 0 amide bonds. The summed E-state index contributed by atoms with van der Waals surface area (Å²) in [6.45, 7) is 5.24. The van der Waals surface area contributed by atoms with E-state index in [0.29, 0.717) is 11.1 Å². The quantitative estimate of drug-likeness (QED) is 0.0350. The summed E-state index contributed by atoms with van der Waals surface area (Å²) >= 11 is 3.52. The number of rotatable bonds is 21. The number of methoxy groups -OCH3 is 5. The Morgan fingerprint density at radius 1 is 0.457 bits per heavy atom. The van der Waals surface area contributed by atoms with E-state index in [1.54, 1.807) is 57.2 Å². The number of carbonyl (C=O) groups is 3. The van der Waals surface area contributed by atoms with E-state index in [0.717, 1.165) is 110 Å². The number of benzene rings is 9. The third-order valence-corrected chi connectivity index (χ3v) is 18.6. The van der Waals surface area contributed by atoms with Crippen molar-refractivity contribution in [3.63, 3.8) is 0 Å². The number of aliphatic carboxylic acids is 1. The maximum absolute atomic E-state index is 14.7. The number of aryl methyl sites for hydroxylation is 3. The molecule has 3 unspecified atom stereocenters. The summed E-state index contributed by atoms with van der Waals surface area (Å²) < 4.78 is 86.7. The molecule has 14 nitrogen and oxygen atoms in total. The average Bonchev–Trinajstić information content (AvgIpc) is 1.72. The molecule has 105 heavy (non-hydrogen) atoms. The minimum absolute atomic E-state index is 0.000556. The Kier molecular flexibility index (Phi) is 28.4. The topological polar surface area (TPSA) is 186 Å². The van der Waals surface area contributed by atoms with E-state index in [9.17, 15) is 27.6 Å². The molecule has 6 atom stereocenters. The molecule has 0 heterocycles. The number of carboxylic acids is 1. The van der Waals surface area contributed by atoms with Gasteiger partial charge >= 0.3 is 25.0 Å². The summed E-state index contributed by atoms with van der Waals surface area (Å²) in [4.78, 5) is 34.4. The van der Waals surface area contributed by atoms with Gasteiger partial charge in [-0.3, -0.25) is 14.4 Å². The van der Waals surface area contributed by atoms with Crippen molar-refractivity contribution < 1.29 is 80.6 Å². The fourth-order valence-corrected chi connectivity index (χ4v) is 13.3. The zero-order valence-electron chi connectivity index (χ0n) is 59.6. The number of ether oxygens (including phenoxy) is 8. The molecule has 3 aliphatic carbocycles. The van der Waals surface area contributed by atoms with Crippen molar-refractivity contribution in [3.8, 4) is 92.3 Å². The van der Waals surface area contributed by atoms with Crippen LogP contribution in [-0.4, -0.2) is 75.7 Å². The third kappa shape index (κ3) is 20.5. The smallest absolute Gasteiger partial charge is 0.491 e. The molecule has 0 spiro atoms. The molecule has 12 rings (SSSR count). The molecule has 0 fully saturated rings. The molecule has 9 aromatic carbocycles. The molecule has 19 heteroatoms. The van der Waals surface area contributed by atoms with Crippen LogP contribution in [0.5, 0.6) is 34.5 Å². The Morgan fingerprint density at radius 3 is 1.14 bits per heavy atom. The van der Waals surface area contributed by atoms with Crippen LogP contribution < -0.4 is 33.9 Å². The lowest BCUT2D eigenvalue weighted by Crippen LogP contribution is -2.32. The van der Waals surface area contributed by atoms with Gasteiger partial charge in [-0.15, -0.1) is 17.8 Å². The summed E-state index contributed by atoms with van der Waals surface area (Å²) in [5, 5.41) is 26.5. The van der Waals surface area contributed by atoms with Gasteiger partial charge < -0.3 is 53.0 Å². The van der Waals surface area contributed by atoms with Gasteiger partial charge in [0, 0.05) is 21.1 Å². The summed E-state index contributed by atoms with van der Waals surface area (Å²) in [5.74, 6) is 16.9. The first-order valence-electron chi connectivity index (χ1n) is 34.1. The van der Waals surface area contributed by atoms with Gasteiger partial charge in [-0.1, -0.05) is 149 Å². The molecular formula is C86H81BBrF3O14. The van der Waals surface area contributed by atoms with Crippen molar-refractivity contribution in [1.82, 2.24) is 0 Å². The minimum Gasteiger partial charge on any atom is -0.494 e. The summed E-state index contributed by atoms with van der Waals surface area (Å²) in [7, 11) is 5.21. The highest BCUT2D eigenvalue weighted by Crippen LogP contribution is 2.42. The number of carbonyl (C=O) groups excluding carboxylic acids is 2. The Balaban J connectivity index is 0.000000170. The van der Waals surface area contributed by atoms with Crippen molar-refractivity contribution in [2.45, 2.75) is 115 Å². The highest BCUT2D eigenvalue weighted by molar-refractivity contribution is 9.10. The number of carboxylic acid groups (broad SMARTS) is 1. The fraction of sp³-hybridized carbons (Fsp3) is 0.267. The minimum atomic E-state index is -1.81. The van der Waals surface area contributed by atoms with Gasteiger partial charge in [0.25, 0.3) is 0 Å². The molecule has 0 saturated carbocycles. The third-order valence-electron chi connectivity index (χ3n) is 18.2. The number of hydrogen-bond donors (Lipinski definition) is 3. The molecule has 3 N–H and O–H groups in total. The first-order chi connectivity index (χ1) is 50.8. The number of hydrogen-bond acceptors (Lipinski definition) is 13. The van der Waals surface area contributed by atoms with Crippen molar-refractivity contribution in [2.75, 3.05) is 35.5 Å². The van der Waals surface area contributed by atoms with Crippen LogP contribution in [0.2, 0.25) is 0 Å². The lowest BCUT2D eigenvalue weighted by molar-refractivity contribution is -0.141. The van der Waals surface area contributed by atoms with E-state index in [-0.39, 0.29) is 102 Å². The van der Waals surface area contributed by atoms with Gasteiger partial charge in [-0.05, 0) is 187 Å². The monoisotopic (exact) mass is 1480 g/mol. The molecule has 0 bridgehead atoms. The van der Waals surface area contributed by atoms with E-state index >= 15 is 0 Å². The Morgan fingerprint density at radius 2 is 0.800 bits per heavy atom. The van der Waals surface area contributed by atoms with Gasteiger partial charge in [0.1, 0.15) is 35.6 Å². The van der Waals surface area contributed by atoms with E-state index in [2.05, 4.69) is 74.4 Å². The van der Waals surface area contributed by atoms with Crippen LogP contribution in [-0.2, 0) is 43.1 Å². The van der Waals surface area contributed by atoms with Crippen LogP contribution in [0.4, 0.5) is 13.2 Å². The summed E-state index contributed by atoms with van der Waals surface area (Å²) in [5.41, 5.74) is 12.4. The Bertz CT molecular complexity index is 4700. The first kappa shape index (κ1) is 78.3. The molecule has 9 aromatic rings. The van der Waals surface area contributed by atoms with Crippen LogP contribution >= 0.6 is 15.9 Å². The SMILES string of the molecule is CC#C[C@H](CC(=O)O)c1ccc(OC2CCc3cc(-c4cccc(OC)c4F)ccc32)cc1.CC#C[C@H](CC(=O)OC)c1ccc(OC2CCc3cc(-c4cccc(OC)c4F)ccc32)cc1.CC#C[C@H](CC(=O)OC)c1ccc(OC2CCc3cc(Br)ccc32)cc1.COc1cccc(B(O)O)c1F. The number of halogens is 4. The zero-order chi connectivity index (χ0) is 75.1. The van der Waals surface area contributed by atoms with Crippen LogP contribution in [0.25, 0.3) is 22.3 Å². The number of esters is 2. The summed E-state index contributed by atoms with van der Waals surface area (Å²) in [6, 6.07) is 55.8. The van der Waals surface area contributed by atoms with Crippen LogP contribution in [0, 0.1) is 53.0 Å². The molecule has 0 aromatic heterocycles. The van der Waals surface area contributed by atoms with Crippen LogP contribution in [0.15, 0.2) is 186 Å². The molecule has 0 radical (unpaired) electrons. The molecular weight excluding hydrogens is 1400 g/mol.